The SMILES string of the molecule is CC(C)(CO)N1CCN(C(=O)OC2([C@H]3COC[C@@H](C4CC4)N3S(=O)(=O)c3ccc(Cl)cc3)CC2)CC1. The second-order valence-electron chi connectivity index (χ2n) is 11.1. The molecule has 0 aromatic heterocycles. The van der Waals surface area contributed by atoms with Crippen molar-refractivity contribution in [2.24, 2.45) is 5.92 Å². The molecule has 2 saturated carbocycles. The Morgan fingerprint density at radius 2 is 1.78 bits per heavy atom. The number of carbonyl (C=O) groups excluding carboxylic acids is 1. The second-order valence-corrected chi connectivity index (χ2v) is 13.4. The van der Waals surface area contributed by atoms with Crippen LogP contribution in [0, 0.1) is 5.92 Å². The molecule has 0 unspecified atom stereocenters. The molecular weight excluding hydrogens is 506 g/mol. The lowest BCUT2D eigenvalue weighted by molar-refractivity contribution is -0.0779. The summed E-state index contributed by atoms with van der Waals surface area (Å²) in [6, 6.07) is 5.39. The van der Waals surface area contributed by atoms with E-state index in [0.717, 1.165) is 12.8 Å². The third-order valence-electron chi connectivity index (χ3n) is 8.18. The Morgan fingerprint density at radius 1 is 1.14 bits per heavy atom. The summed E-state index contributed by atoms with van der Waals surface area (Å²) in [4.78, 5) is 17.3. The van der Waals surface area contributed by atoms with Gasteiger partial charge >= 0.3 is 6.09 Å². The molecule has 2 aliphatic heterocycles. The molecule has 1 N–H and O–H groups in total. The van der Waals surface area contributed by atoms with E-state index in [1.807, 2.05) is 13.8 Å². The van der Waals surface area contributed by atoms with Gasteiger partial charge in [0.1, 0.15) is 5.60 Å². The van der Waals surface area contributed by atoms with Gasteiger partial charge in [-0.3, -0.25) is 4.90 Å². The lowest BCUT2D eigenvalue weighted by Gasteiger charge is -2.45. The average molecular weight is 542 g/mol. The van der Waals surface area contributed by atoms with E-state index in [2.05, 4.69) is 4.90 Å². The minimum atomic E-state index is -3.85. The van der Waals surface area contributed by atoms with E-state index in [4.69, 9.17) is 21.1 Å². The fraction of sp³-hybridized carbons (Fsp3) is 0.720. The number of benzene rings is 1. The van der Waals surface area contributed by atoms with Crippen molar-refractivity contribution in [1.29, 1.82) is 0 Å². The Hall–Kier alpha value is -1.43. The molecule has 5 rings (SSSR count). The molecule has 0 bridgehead atoms. The molecule has 2 heterocycles. The highest BCUT2D eigenvalue weighted by molar-refractivity contribution is 7.89. The van der Waals surface area contributed by atoms with E-state index < -0.39 is 27.8 Å². The summed E-state index contributed by atoms with van der Waals surface area (Å²) in [5.41, 5.74) is -1.23. The van der Waals surface area contributed by atoms with Gasteiger partial charge in [0.05, 0.1) is 36.8 Å². The van der Waals surface area contributed by atoms with E-state index in [1.54, 1.807) is 21.3 Å². The number of piperazine rings is 1. The molecule has 1 amide bonds. The van der Waals surface area contributed by atoms with Crippen LogP contribution in [0.2, 0.25) is 5.02 Å². The Labute approximate surface area is 218 Å². The van der Waals surface area contributed by atoms with Gasteiger partial charge in [0.25, 0.3) is 0 Å². The maximum Gasteiger partial charge on any atom is 0.410 e. The first kappa shape index (κ1) is 26.2. The van der Waals surface area contributed by atoms with Gasteiger partial charge in [-0.05, 0) is 69.7 Å². The topological polar surface area (TPSA) is 99.6 Å². The van der Waals surface area contributed by atoms with Gasteiger partial charge in [-0.2, -0.15) is 4.31 Å². The van der Waals surface area contributed by atoms with Crippen molar-refractivity contribution in [1.82, 2.24) is 14.1 Å². The summed E-state index contributed by atoms with van der Waals surface area (Å²) in [6.07, 6.45) is 2.73. The van der Waals surface area contributed by atoms with Crippen molar-refractivity contribution in [2.45, 2.75) is 67.6 Å². The smallest absolute Gasteiger partial charge is 0.410 e. The molecule has 2 saturated heterocycles. The van der Waals surface area contributed by atoms with Crippen molar-refractivity contribution in [3.05, 3.63) is 29.3 Å². The molecular formula is C25H36ClN3O6S. The summed E-state index contributed by atoms with van der Waals surface area (Å²) >= 11 is 6.02. The van der Waals surface area contributed by atoms with Crippen LogP contribution in [0.25, 0.3) is 0 Å². The highest BCUT2D eigenvalue weighted by atomic mass is 35.5. The summed E-state index contributed by atoms with van der Waals surface area (Å²) in [7, 11) is -3.85. The van der Waals surface area contributed by atoms with E-state index in [9.17, 15) is 18.3 Å². The number of ether oxygens (including phenoxy) is 2. The summed E-state index contributed by atoms with van der Waals surface area (Å²) in [5, 5.41) is 10.1. The van der Waals surface area contributed by atoms with Gasteiger partial charge in [0.15, 0.2) is 0 Å². The molecule has 0 radical (unpaired) electrons. The van der Waals surface area contributed by atoms with Crippen LogP contribution in [0.4, 0.5) is 4.79 Å². The Morgan fingerprint density at radius 3 is 2.33 bits per heavy atom. The zero-order valence-corrected chi connectivity index (χ0v) is 22.5. The molecule has 2 aliphatic carbocycles. The molecule has 2 atom stereocenters. The number of aliphatic hydroxyl groups is 1. The van der Waals surface area contributed by atoms with E-state index in [-0.39, 0.29) is 35.6 Å². The molecule has 4 aliphatic rings. The molecule has 36 heavy (non-hydrogen) atoms. The number of aliphatic hydroxyl groups excluding tert-OH is 1. The van der Waals surface area contributed by atoms with Crippen LogP contribution in [0.1, 0.15) is 39.5 Å². The molecule has 0 spiro atoms. The van der Waals surface area contributed by atoms with Gasteiger partial charge in [-0.15, -0.1) is 0 Å². The van der Waals surface area contributed by atoms with Crippen molar-refractivity contribution in [2.75, 3.05) is 46.0 Å². The first-order valence-corrected chi connectivity index (χ1v) is 14.6. The van der Waals surface area contributed by atoms with Crippen LogP contribution in [0.15, 0.2) is 29.2 Å². The fourth-order valence-electron chi connectivity index (χ4n) is 5.42. The predicted octanol–water partition coefficient (Wildman–Crippen LogP) is 2.57. The lowest BCUT2D eigenvalue weighted by atomic mass is 10.0. The van der Waals surface area contributed by atoms with Gasteiger partial charge in [-0.1, -0.05) is 11.6 Å². The largest absolute Gasteiger partial charge is 0.441 e. The minimum absolute atomic E-state index is 0.0440. The number of halogens is 1. The molecule has 1 aromatic carbocycles. The van der Waals surface area contributed by atoms with Crippen LogP contribution in [0.5, 0.6) is 0 Å². The summed E-state index contributed by atoms with van der Waals surface area (Å²) in [5.74, 6) is 0.254. The Kier molecular flexibility index (Phi) is 7.06. The van der Waals surface area contributed by atoms with Gasteiger partial charge in [-0.25, -0.2) is 13.2 Å². The number of sulfonamides is 1. The Balaban J connectivity index is 1.34. The van der Waals surface area contributed by atoms with Crippen molar-refractivity contribution < 1.29 is 27.8 Å². The third kappa shape index (κ3) is 5.00. The number of amides is 1. The highest BCUT2D eigenvalue weighted by Gasteiger charge is 2.61. The second kappa shape index (κ2) is 9.71. The van der Waals surface area contributed by atoms with Crippen molar-refractivity contribution >= 4 is 27.7 Å². The number of nitrogens with zero attached hydrogens (tertiary/aromatic N) is 3. The molecule has 1 aromatic rings. The molecule has 200 valence electrons. The standard InChI is InChI=1S/C25H36ClN3O6S/c1-24(2,17-30)28-13-11-27(12-14-28)23(31)35-25(9-10-25)22-16-34-15-21(18-3-4-18)29(22)36(32,33)20-7-5-19(26)6-8-20/h5-8,18,21-22,30H,3-4,9-17H2,1-2H3/t21-,22+/m0/s1. The van der Waals surface area contributed by atoms with Gasteiger partial charge in [0, 0.05) is 36.7 Å². The fourth-order valence-corrected chi connectivity index (χ4v) is 7.45. The zero-order valence-electron chi connectivity index (χ0n) is 20.9. The molecule has 9 nitrogen and oxygen atoms in total. The maximum atomic E-state index is 13.9. The van der Waals surface area contributed by atoms with E-state index in [0.29, 0.717) is 50.7 Å². The van der Waals surface area contributed by atoms with E-state index >= 15 is 0 Å². The van der Waals surface area contributed by atoms with Crippen LogP contribution >= 0.6 is 11.6 Å². The van der Waals surface area contributed by atoms with Crippen molar-refractivity contribution in [3.8, 4) is 0 Å². The number of hydrogen-bond acceptors (Lipinski definition) is 7. The van der Waals surface area contributed by atoms with Crippen LogP contribution in [-0.4, -0.2) is 103 Å². The number of carbonyl (C=O) groups is 1. The first-order chi connectivity index (χ1) is 17.1. The van der Waals surface area contributed by atoms with Gasteiger partial charge in [0.2, 0.25) is 10.0 Å². The predicted molar refractivity (Wildman–Crippen MR) is 134 cm³/mol. The third-order valence-corrected chi connectivity index (χ3v) is 10.4. The minimum Gasteiger partial charge on any atom is -0.441 e. The van der Waals surface area contributed by atoms with Crippen LogP contribution < -0.4 is 0 Å². The number of rotatable bonds is 7. The Bertz CT molecular complexity index is 1070. The highest BCUT2D eigenvalue weighted by Crippen LogP contribution is 2.50. The molecule has 4 fully saturated rings. The summed E-state index contributed by atoms with van der Waals surface area (Å²) in [6.45, 7) is 6.83. The van der Waals surface area contributed by atoms with Gasteiger partial charge < -0.3 is 19.5 Å². The van der Waals surface area contributed by atoms with Crippen LogP contribution in [-0.2, 0) is 19.5 Å². The number of hydrogen-bond donors (Lipinski definition) is 1. The zero-order chi connectivity index (χ0) is 25.7. The monoisotopic (exact) mass is 541 g/mol. The average Bonchev–Trinajstić information content (AvgIpc) is 3.80. The van der Waals surface area contributed by atoms with E-state index in [1.165, 1.54) is 12.1 Å². The quantitative estimate of drug-likeness (QED) is 0.566. The first-order valence-electron chi connectivity index (χ1n) is 12.8. The van der Waals surface area contributed by atoms with Crippen molar-refractivity contribution in [3.63, 3.8) is 0 Å². The lowest BCUT2D eigenvalue weighted by Crippen LogP contribution is -2.62. The van der Waals surface area contributed by atoms with Crippen LogP contribution in [0.3, 0.4) is 0 Å². The maximum absolute atomic E-state index is 13.9. The number of morpholine rings is 1. The normalized spacial score (nSPS) is 27.6. The molecule has 11 heteroatoms. The summed E-state index contributed by atoms with van der Waals surface area (Å²) < 4.78 is 41.5.